The van der Waals surface area contributed by atoms with Gasteiger partial charge in [0.05, 0.1) is 30.8 Å². The van der Waals surface area contributed by atoms with Crippen LogP contribution >= 0.6 is 0 Å². The van der Waals surface area contributed by atoms with Crippen molar-refractivity contribution in [2.24, 2.45) is 5.92 Å². The number of hydrogen-bond acceptors (Lipinski definition) is 3. The smallest absolute Gasteiger partial charge is 0.226 e. The van der Waals surface area contributed by atoms with E-state index in [1.807, 2.05) is 44.2 Å². The lowest BCUT2D eigenvalue weighted by Crippen LogP contribution is -2.48. The lowest BCUT2D eigenvalue weighted by atomic mass is 9.91. The molecule has 1 amide bonds. The van der Waals surface area contributed by atoms with Gasteiger partial charge in [0.2, 0.25) is 5.91 Å². The molecular formula is C15H21NO3. The zero-order chi connectivity index (χ0) is 13.9. The molecule has 2 rings (SSSR count). The number of nitrogens with one attached hydrogen (secondary N) is 1. The fraction of sp³-hybridized carbons (Fsp3) is 0.533. The van der Waals surface area contributed by atoms with Crippen LogP contribution in [0, 0.1) is 5.92 Å². The molecule has 1 aliphatic heterocycles. The normalized spacial score (nSPS) is 25.8. The van der Waals surface area contributed by atoms with Crippen LogP contribution in [0.4, 0.5) is 0 Å². The second-order valence-electron chi connectivity index (χ2n) is 5.42. The van der Waals surface area contributed by atoms with Gasteiger partial charge in [0, 0.05) is 0 Å². The Hall–Kier alpha value is -1.39. The SMILES string of the molecule is CC1CC(C(=O)NC(C)(CO)c2ccccc2)CO1. The Balaban J connectivity index is 2.08. The lowest BCUT2D eigenvalue weighted by Gasteiger charge is -2.30. The summed E-state index contributed by atoms with van der Waals surface area (Å²) in [7, 11) is 0. The number of aliphatic hydroxyl groups is 1. The quantitative estimate of drug-likeness (QED) is 0.864. The number of hydrogen-bond donors (Lipinski definition) is 2. The Labute approximate surface area is 113 Å². The van der Waals surface area contributed by atoms with Crippen LogP contribution in [0.2, 0.25) is 0 Å². The maximum absolute atomic E-state index is 12.2. The first-order valence-corrected chi connectivity index (χ1v) is 6.65. The molecule has 1 aromatic rings. The van der Waals surface area contributed by atoms with Crippen molar-refractivity contribution < 1.29 is 14.6 Å². The second-order valence-corrected chi connectivity index (χ2v) is 5.42. The van der Waals surface area contributed by atoms with E-state index in [4.69, 9.17) is 4.74 Å². The summed E-state index contributed by atoms with van der Waals surface area (Å²) in [6.07, 6.45) is 0.871. The van der Waals surface area contributed by atoms with Crippen LogP contribution in [0.3, 0.4) is 0 Å². The Morgan fingerprint density at radius 2 is 2.16 bits per heavy atom. The third kappa shape index (κ3) is 3.14. The molecule has 4 nitrogen and oxygen atoms in total. The van der Waals surface area contributed by atoms with Crippen LogP contribution in [0.15, 0.2) is 30.3 Å². The first-order valence-electron chi connectivity index (χ1n) is 6.65. The largest absolute Gasteiger partial charge is 0.394 e. The molecule has 2 N–H and O–H groups in total. The highest BCUT2D eigenvalue weighted by atomic mass is 16.5. The van der Waals surface area contributed by atoms with Gasteiger partial charge in [-0.25, -0.2) is 0 Å². The van der Waals surface area contributed by atoms with Gasteiger partial charge in [-0.3, -0.25) is 4.79 Å². The van der Waals surface area contributed by atoms with E-state index in [-0.39, 0.29) is 24.5 Å². The fourth-order valence-electron chi connectivity index (χ4n) is 2.38. The predicted molar refractivity (Wildman–Crippen MR) is 72.5 cm³/mol. The number of amides is 1. The molecule has 0 spiro atoms. The molecule has 1 saturated heterocycles. The minimum atomic E-state index is -0.746. The van der Waals surface area contributed by atoms with Gasteiger partial charge in [-0.05, 0) is 25.8 Å². The van der Waals surface area contributed by atoms with E-state index in [2.05, 4.69) is 5.32 Å². The van der Waals surface area contributed by atoms with Crippen molar-refractivity contribution >= 4 is 5.91 Å². The summed E-state index contributed by atoms with van der Waals surface area (Å²) >= 11 is 0. The highest BCUT2D eigenvalue weighted by Gasteiger charge is 2.34. The van der Waals surface area contributed by atoms with E-state index in [9.17, 15) is 9.90 Å². The van der Waals surface area contributed by atoms with Gasteiger partial charge in [0.25, 0.3) is 0 Å². The molecule has 4 heteroatoms. The first kappa shape index (κ1) is 14.0. The average molecular weight is 263 g/mol. The summed E-state index contributed by atoms with van der Waals surface area (Å²) in [4.78, 5) is 12.2. The molecule has 1 aliphatic rings. The Morgan fingerprint density at radius 3 is 2.68 bits per heavy atom. The summed E-state index contributed by atoms with van der Waals surface area (Å²) < 4.78 is 5.42. The minimum absolute atomic E-state index is 0.0512. The van der Waals surface area contributed by atoms with Crippen LogP contribution in [0.5, 0.6) is 0 Å². The van der Waals surface area contributed by atoms with Crippen LogP contribution < -0.4 is 5.32 Å². The van der Waals surface area contributed by atoms with E-state index in [0.29, 0.717) is 6.61 Å². The van der Waals surface area contributed by atoms with E-state index < -0.39 is 5.54 Å². The molecule has 3 unspecified atom stereocenters. The second kappa shape index (κ2) is 5.72. The van der Waals surface area contributed by atoms with Gasteiger partial charge in [-0.15, -0.1) is 0 Å². The Kier molecular flexibility index (Phi) is 4.22. The van der Waals surface area contributed by atoms with Crippen molar-refractivity contribution in [1.29, 1.82) is 0 Å². The molecule has 1 aromatic carbocycles. The van der Waals surface area contributed by atoms with Crippen molar-refractivity contribution in [3.63, 3.8) is 0 Å². The first-order chi connectivity index (χ1) is 9.05. The summed E-state index contributed by atoms with van der Waals surface area (Å²) in [6.45, 7) is 4.13. The monoisotopic (exact) mass is 263 g/mol. The number of rotatable bonds is 4. The van der Waals surface area contributed by atoms with Crippen molar-refractivity contribution in [2.75, 3.05) is 13.2 Å². The molecule has 0 radical (unpaired) electrons. The topological polar surface area (TPSA) is 58.6 Å². The number of benzene rings is 1. The summed E-state index contributed by atoms with van der Waals surface area (Å²) in [5, 5.41) is 12.6. The molecule has 1 fully saturated rings. The molecule has 0 saturated carbocycles. The fourth-order valence-corrected chi connectivity index (χ4v) is 2.38. The van der Waals surface area contributed by atoms with Crippen molar-refractivity contribution in [3.05, 3.63) is 35.9 Å². The van der Waals surface area contributed by atoms with Gasteiger partial charge < -0.3 is 15.2 Å². The van der Waals surface area contributed by atoms with E-state index in [0.717, 1.165) is 12.0 Å². The van der Waals surface area contributed by atoms with Crippen LogP contribution in [0.25, 0.3) is 0 Å². The third-order valence-electron chi connectivity index (χ3n) is 3.70. The van der Waals surface area contributed by atoms with Crippen molar-refractivity contribution in [1.82, 2.24) is 5.32 Å². The maximum atomic E-state index is 12.2. The number of carbonyl (C=O) groups excluding carboxylic acids is 1. The maximum Gasteiger partial charge on any atom is 0.226 e. The standard InChI is InChI=1S/C15H21NO3/c1-11-8-12(9-19-11)14(18)16-15(2,10-17)13-6-4-3-5-7-13/h3-7,11-12,17H,8-10H2,1-2H3,(H,16,18). The van der Waals surface area contributed by atoms with Gasteiger partial charge in [-0.2, -0.15) is 0 Å². The number of carbonyl (C=O) groups is 1. The van der Waals surface area contributed by atoms with Crippen LogP contribution in [-0.4, -0.2) is 30.3 Å². The molecule has 1 heterocycles. The van der Waals surface area contributed by atoms with Crippen molar-refractivity contribution in [3.8, 4) is 0 Å². The van der Waals surface area contributed by atoms with Crippen molar-refractivity contribution in [2.45, 2.75) is 31.9 Å². The molecular weight excluding hydrogens is 242 g/mol. The summed E-state index contributed by atoms with van der Waals surface area (Å²) in [5.41, 5.74) is 0.155. The summed E-state index contributed by atoms with van der Waals surface area (Å²) in [5.74, 6) is -0.172. The Morgan fingerprint density at radius 1 is 1.47 bits per heavy atom. The van der Waals surface area contributed by atoms with Gasteiger partial charge >= 0.3 is 0 Å². The van der Waals surface area contributed by atoms with Gasteiger partial charge in [0.1, 0.15) is 0 Å². The zero-order valence-corrected chi connectivity index (χ0v) is 11.4. The van der Waals surface area contributed by atoms with E-state index in [1.54, 1.807) is 0 Å². The molecule has 0 bridgehead atoms. The highest BCUT2D eigenvalue weighted by molar-refractivity contribution is 5.80. The Bertz CT molecular complexity index is 434. The minimum Gasteiger partial charge on any atom is -0.394 e. The van der Waals surface area contributed by atoms with E-state index in [1.165, 1.54) is 0 Å². The van der Waals surface area contributed by atoms with Crippen LogP contribution in [-0.2, 0) is 15.1 Å². The number of ether oxygens (including phenoxy) is 1. The third-order valence-corrected chi connectivity index (χ3v) is 3.70. The zero-order valence-electron chi connectivity index (χ0n) is 11.4. The molecule has 0 aromatic heterocycles. The van der Waals surface area contributed by atoms with Gasteiger partial charge in [-0.1, -0.05) is 30.3 Å². The summed E-state index contributed by atoms with van der Waals surface area (Å²) in [6, 6.07) is 9.52. The van der Waals surface area contributed by atoms with Crippen LogP contribution in [0.1, 0.15) is 25.8 Å². The average Bonchev–Trinajstić information content (AvgIpc) is 2.86. The lowest BCUT2D eigenvalue weighted by molar-refractivity contribution is -0.127. The van der Waals surface area contributed by atoms with Gasteiger partial charge in [0.15, 0.2) is 0 Å². The molecule has 3 atom stereocenters. The predicted octanol–water partition coefficient (Wildman–Crippen LogP) is 1.44. The van der Waals surface area contributed by atoms with E-state index >= 15 is 0 Å². The number of aliphatic hydroxyl groups excluding tert-OH is 1. The highest BCUT2D eigenvalue weighted by Crippen LogP contribution is 2.24. The molecule has 19 heavy (non-hydrogen) atoms. The molecule has 0 aliphatic carbocycles. The molecule has 104 valence electrons.